The van der Waals surface area contributed by atoms with Crippen LogP contribution < -0.4 is 5.32 Å². The fraction of sp³-hybridized carbons (Fsp3) is 0.583. The van der Waals surface area contributed by atoms with E-state index in [2.05, 4.69) is 11.9 Å². The Morgan fingerprint density at radius 3 is 2.47 bits per heavy atom. The molecule has 0 saturated heterocycles. The van der Waals surface area contributed by atoms with Crippen molar-refractivity contribution in [3.63, 3.8) is 0 Å². The topological polar surface area (TPSA) is 107 Å². The molecule has 0 unspecified atom stereocenters. The average molecular weight is 272 g/mol. The SMILES string of the molecule is C=CCCCN(C)C(=O)N[C@@H](CCC(=O)O)C(=O)O. The molecule has 0 aromatic heterocycles. The molecule has 0 rings (SSSR count). The summed E-state index contributed by atoms with van der Waals surface area (Å²) in [4.78, 5) is 34.3. The number of amides is 2. The number of unbranched alkanes of at least 4 members (excludes halogenated alkanes) is 1. The number of carbonyl (C=O) groups excluding carboxylic acids is 1. The van der Waals surface area contributed by atoms with Gasteiger partial charge in [-0.05, 0) is 19.3 Å². The van der Waals surface area contributed by atoms with Crippen molar-refractivity contribution in [1.82, 2.24) is 10.2 Å². The van der Waals surface area contributed by atoms with Crippen LogP contribution >= 0.6 is 0 Å². The van der Waals surface area contributed by atoms with Crippen molar-refractivity contribution in [1.29, 1.82) is 0 Å². The third-order valence-corrected chi connectivity index (χ3v) is 2.49. The van der Waals surface area contributed by atoms with Crippen molar-refractivity contribution < 1.29 is 24.6 Å². The molecular formula is C12H20N2O5. The molecule has 0 aliphatic rings. The summed E-state index contributed by atoms with van der Waals surface area (Å²) in [5.74, 6) is -2.34. The van der Waals surface area contributed by atoms with Gasteiger partial charge in [0.2, 0.25) is 0 Å². The van der Waals surface area contributed by atoms with E-state index >= 15 is 0 Å². The van der Waals surface area contributed by atoms with E-state index in [0.29, 0.717) is 6.54 Å². The fourth-order valence-corrected chi connectivity index (χ4v) is 1.36. The lowest BCUT2D eigenvalue weighted by molar-refractivity contribution is -0.140. The first-order valence-corrected chi connectivity index (χ1v) is 5.95. The highest BCUT2D eigenvalue weighted by molar-refractivity contribution is 5.82. The van der Waals surface area contributed by atoms with Gasteiger partial charge in [0.1, 0.15) is 6.04 Å². The van der Waals surface area contributed by atoms with Gasteiger partial charge in [0.25, 0.3) is 0 Å². The van der Waals surface area contributed by atoms with Crippen LogP contribution in [0.2, 0.25) is 0 Å². The van der Waals surface area contributed by atoms with Crippen molar-refractivity contribution in [3.8, 4) is 0 Å². The standard InChI is InChI=1S/C12H20N2O5/c1-3-4-5-8-14(2)12(19)13-9(11(17)18)6-7-10(15)16/h3,9H,1,4-8H2,2H3,(H,13,19)(H,15,16)(H,17,18)/t9-/m0/s1. The number of nitrogens with one attached hydrogen (secondary N) is 1. The van der Waals surface area contributed by atoms with Crippen LogP contribution in [0, 0.1) is 0 Å². The Bertz CT molecular complexity index is 343. The molecule has 7 nitrogen and oxygen atoms in total. The van der Waals surface area contributed by atoms with Gasteiger partial charge in [-0.25, -0.2) is 9.59 Å². The number of hydrogen-bond acceptors (Lipinski definition) is 3. The molecule has 0 bridgehead atoms. The van der Waals surface area contributed by atoms with Crippen molar-refractivity contribution in [2.24, 2.45) is 0 Å². The largest absolute Gasteiger partial charge is 0.481 e. The van der Waals surface area contributed by atoms with Gasteiger partial charge in [-0.2, -0.15) is 0 Å². The van der Waals surface area contributed by atoms with E-state index in [1.54, 1.807) is 13.1 Å². The zero-order chi connectivity index (χ0) is 14.8. The number of rotatable bonds is 9. The molecule has 0 fully saturated rings. The third-order valence-electron chi connectivity index (χ3n) is 2.49. The first-order chi connectivity index (χ1) is 8.88. The Hall–Kier alpha value is -2.05. The molecule has 3 N–H and O–H groups in total. The highest BCUT2D eigenvalue weighted by Crippen LogP contribution is 2.00. The maximum atomic E-state index is 11.7. The van der Waals surface area contributed by atoms with E-state index in [4.69, 9.17) is 10.2 Å². The van der Waals surface area contributed by atoms with Crippen LogP contribution in [0.5, 0.6) is 0 Å². The highest BCUT2D eigenvalue weighted by atomic mass is 16.4. The minimum atomic E-state index is -1.24. The number of carbonyl (C=O) groups is 3. The molecule has 0 saturated carbocycles. The first-order valence-electron chi connectivity index (χ1n) is 5.95. The van der Waals surface area contributed by atoms with Crippen LogP contribution in [0.4, 0.5) is 4.79 Å². The molecule has 19 heavy (non-hydrogen) atoms. The van der Waals surface area contributed by atoms with Crippen LogP contribution in [0.15, 0.2) is 12.7 Å². The van der Waals surface area contributed by atoms with E-state index in [1.807, 2.05) is 0 Å². The Labute approximate surface area is 111 Å². The van der Waals surface area contributed by atoms with E-state index in [-0.39, 0.29) is 12.8 Å². The molecule has 2 amide bonds. The number of allylic oxidation sites excluding steroid dienone is 1. The molecule has 0 aromatic rings. The molecule has 0 aromatic carbocycles. The smallest absolute Gasteiger partial charge is 0.326 e. The molecule has 0 aliphatic heterocycles. The maximum absolute atomic E-state index is 11.7. The van der Waals surface area contributed by atoms with Crippen molar-refractivity contribution in [2.75, 3.05) is 13.6 Å². The number of carboxylic acid groups (broad SMARTS) is 2. The van der Waals surface area contributed by atoms with Gasteiger partial charge in [0.15, 0.2) is 0 Å². The zero-order valence-electron chi connectivity index (χ0n) is 11.0. The first kappa shape index (κ1) is 16.9. The fourth-order valence-electron chi connectivity index (χ4n) is 1.36. The Morgan fingerprint density at radius 1 is 1.37 bits per heavy atom. The average Bonchev–Trinajstić information content (AvgIpc) is 2.33. The molecule has 1 atom stereocenters. The number of hydrogen-bond donors (Lipinski definition) is 3. The summed E-state index contributed by atoms with van der Waals surface area (Å²) >= 11 is 0. The van der Waals surface area contributed by atoms with Gasteiger partial charge in [0, 0.05) is 20.0 Å². The predicted octanol–water partition coefficient (Wildman–Crippen LogP) is 0.912. The Kier molecular flexibility index (Phi) is 7.99. The molecular weight excluding hydrogens is 252 g/mol. The summed E-state index contributed by atoms with van der Waals surface area (Å²) in [7, 11) is 1.55. The van der Waals surface area contributed by atoms with Crippen LogP contribution in [-0.4, -0.2) is 52.7 Å². The monoisotopic (exact) mass is 272 g/mol. The number of urea groups is 1. The molecule has 0 radical (unpaired) electrons. The Morgan fingerprint density at radius 2 is 2.00 bits per heavy atom. The molecule has 7 heteroatoms. The predicted molar refractivity (Wildman–Crippen MR) is 68.9 cm³/mol. The summed E-state index contributed by atoms with van der Waals surface area (Å²) < 4.78 is 0. The molecule has 108 valence electrons. The van der Waals surface area contributed by atoms with Crippen LogP contribution in [0.25, 0.3) is 0 Å². The third kappa shape index (κ3) is 7.80. The van der Waals surface area contributed by atoms with Gasteiger partial charge in [-0.3, -0.25) is 4.79 Å². The lowest BCUT2D eigenvalue weighted by atomic mass is 10.1. The van der Waals surface area contributed by atoms with Crippen molar-refractivity contribution >= 4 is 18.0 Å². The molecule has 0 aliphatic carbocycles. The van der Waals surface area contributed by atoms with E-state index in [9.17, 15) is 14.4 Å². The van der Waals surface area contributed by atoms with Crippen molar-refractivity contribution in [2.45, 2.75) is 31.7 Å². The van der Waals surface area contributed by atoms with Gasteiger partial charge >= 0.3 is 18.0 Å². The van der Waals surface area contributed by atoms with E-state index in [0.717, 1.165) is 12.8 Å². The summed E-state index contributed by atoms with van der Waals surface area (Å²) in [5.41, 5.74) is 0. The molecule has 0 spiro atoms. The van der Waals surface area contributed by atoms with Crippen LogP contribution in [0.1, 0.15) is 25.7 Å². The number of nitrogens with zero attached hydrogens (tertiary/aromatic N) is 1. The Balaban J connectivity index is 4.25. The number of carboxylic acids is 2. The van der Waals surface area contributed by atoms with Gasteiger partial charge in [0.05, 0.1) is 0 Å². The summed E-state index contributed by atoms with van der Waals surface area (Å²) in [6, 6.07) is -1.72. The minimum Gasteiger partial charge on any atom is -0.481 e. The lowest BCUT2D eigenvalue weighted by Crippen LogP contribution is -2.47. The van der Waals surface area contributed by atoms with Crippen LogP contribution in [0.3, 0.4) is 0 Å². The second-order valence-corrected chi connectivity index (χ2v) is 4.13. The van der Waals surface area contributed by atoms with Gasteiger partial charge in [-0.1, -0.05) is 6.08 Å². The quantitative estimate of drug-likeness (QED) is 0.427. The number of aliphatic carboxylic acids is 2. The normalized spacial score (nSPS) is 11.4. The maximum Gasteiger partial charge on any atom is 0.326 e. The summed E-state index contributed by atoms with van der Waals surface area (Å²) in [5, 5.41) is 19.7. The highest BCUT2D eigenvalue weighted by Gasteiger charge is 2.22. The van der Waals surface area contributed by atoms with Crippen molar-refractivity contribution in [3.05, 3.63) is 12.7 Å². The summed E-state index contributed by atoms with van der Waals surface area (Å²) in [6.07, 6.45) is 2.78. The van der Waals surface area contributed by atoms with E-state index in [1.165, 1.54) is 4.90 Å². The van der Waals surface area contributed by atoms with E-state index < -0.39 is 24.0 Å². The van der Waals surface area contributed by atoms with Gasteiger partial charge < -0.3 is 20.4 Å². The second-order valence-electron chi connectivity index (χ2n) is 4.13. The molecule has 0 heterocycles. The van der Waals surface area contributed by atoms with Crippen LogP contribution in [-0.2, 0) is 9.59 Å². The van der Waals surface area contributed by atoms with Gasteiger partial charge in [-0.15, -0.1) is 6.58 Å². The summed E-state index contributed by atoms with van der Waals surface area (Å²) in [6.45, 7) is 4.04. The minimum absolute atomic E-state index is 0.142. The second kappa shape index (κ2) is 8.96. The zero-order valence-corrected chi connectivity index (χ0v) is 11.0. The lowest BCUT2D eigenvalue weighted by Gasteiger charge is -2.20.